The Morgan fingerprint density at radius 3 is 2.62 bits per heavy atom. The fourth-order valence-electron chi connectivity index (χ4n) is 1.05. The van der Waals surface area contributed by atoms with E-state index in [-0.39, 0.29) is 12.5 Å². The van der Waals surface area contributed by atoms with E-state index >= 15 is 0 Å². The minimum absolute atomic E-state index is 0.0696. The summed E-state index contributed by atoms with van der Waals surface area (Å²) in [7, 11) is 0. The molecule has 1 aromatic rings. The van der Waals surface area contributed by atoms with Crippen molar-refractivity contribution in [3.05, 3.63) is 29.8 Å². The molecule has 0 atom stereocenters. The van der Waals surface area contributed by atoms with Gasteiger partial charge in [0.25, 0.3) is 5.91 Å². The van der Waals surface area contributed by atoms with E-state index in [2.05, 4.69) is 3.53 Å². The van der Waals surface area contributed by atoms with Gasteiger partial charge in [-0.1, -0.05) is 17.7 Å². The number of halogens is 1. The van der Waals surface area contributed by atoms with Crippen LogP contribution in [0.2, 0.25) is 0 Å². The van der Waals surface area contributed by atoms with E-state index < -0.39 is 0 Å². The van der Waals surface area contributed by atoms with E-state index in [0.29, 0.717) is 13.2 Å². The molecule has 0 bridgehead atoms. The first-order valence-electron chi connectivity index (χ1n) is 4.89. The Morgan fingerprint density at radius 1 is 1.31 bits per heavy atom. The molecular weight excluding hydrogens is 321 g/mol. The van der Waals surface area contributed by atoms with Gasteiger partial charge in [-0.25, -0.2) is 0 Å². The third kappa shape index (κ3) is 5.32. The Bertz CT molecular complexity index is 327. The largest absolute Gasteiger partial charge is 0.491 e. The summed E-state index contributed by atoms with van der Waals surface area (Å²) in [5.74, 6) is 0.670. The lowest BCUT2D eigenvalue weighted by atomic mass is 10.2. The summed E-state index contributed by atoms with van der Waals surface area (Å²) in [6, 6.07) is 7.79. The van der Waals surface area contributed by atoms with E-state index in [4.69, 9.17) is 9.47 Å². The molecule has 16 heavy (non-hydrogen) atoms. The second-order valence-electron chi connectivity index (χ2n) is 3.23. The van der Waals surface area contributed by atoms with Gasteiger partial charge in [0.05, 0.1) is 29.5 Å². The van der Waals surface area contributed by atoms with Crippen LogP contribution in [0.4, 0.5) is 0 Å². The normalized spacial score (nSPS) is 9.88. The van der Waals surface area contributed by atoms with Crippen LogP contribution in [0, 0.1) is 6.92 Å². The molecule has 0 radical (unpaired) electrons. The summed E-state index contributed by atoms with van der Waals surface area (Å²) in [6.45, 7) is 2.94. The second-order valence-corrected chi connectivity index (χ2v) is 3.77. The number of hydrogen-bond donors (Lipinski definition) is 1. The number of amides is 1. The van der Waals surface area contributed by atoms with E-state index in [9.17, 15) is 4.79 Å². The molecule has 0 unspecified atom stereocenters. The highest BCUT2D eigenvalue weighted by molar-refractivity contribution is 14.1. The van der Waals surface area contributed by atoms with E-state index in [1.165, 1.54) is 5.56 Å². The molecule has 88 valence electrons. The van der Waals surface area contributed by atoms with Crippen LogP contribution in [0.3, 0.4) is 0 Å². The predicted molar refractivity (Wildman–Crippen MR) is 69.7 cm³/mol. The van der Waals surface area contributed by atoms with Gasteiger partial charge in [0.15, 0.2) is 0 Å². The van der Waals surface area contributed by atoms with Gasteiger partial charge in [-0.15, -0.1) is 0 Å². The van der Waals surface area contributed by atoms with Crippen LogP contribution in [0.25, 0.3) is 0 Å². The van der Waals surface area contributed by atoms with Gasteiger partial charge in [0, 0.05) is 0 Å². The zero-order valence-electron chi connectivity index (χ0n) is 9.03. The van der Waals surface area contributed by atoms with Crippen molar-refractivity contribution in [3.63, 3.8) is 0 Å². The number of aryl methyl sites for hydroxylation is 1. The minimum Gasteiger partial charge on any atom is -0.491 e. The minimum atomic E-state index is -0.143. The number of carbonyl (C=O) groups is 1. The molecule has 1 rings (SSSR count). The van der Waals surface area contributed by atoms with Gasteiger partial charge < -0.3 is 9.47 Å². The predicted octanol–water partition coefficient (Wildman–Crippen LogP) is 1.86. The molecule has 0 heterocycles. The van der Waals surface area contributed by atoms with Gasteiger partial charge in [0.2, 0.25) is 0 Å². The van der Waals surface area contributed by atoms with Crippen molar-refractivity contribution in [1.29, 1.82) is 0 Å². The average molecular weight is 335 g/mol. The van der Waals surface area contributed by atoms with Crippen LogP contribution in [-0.4, -0.2) is 25.7 Å². The van der Waals surface area contributed by atoms with Crippen molar-refractivity contribution < 1.29 is 14.3 Å². The highest BCUT2D eigenvalue weighted by Crippen LogP contribution is 2.10. The molecule has 1 aromatic carbocycles. The molecule has 0 aliphatic carbocycles. The fourth-order valence-corrected chi connectivity index (χ4v) is 1.20. The molecule has 0 spiro atoms. The molecule has 0 aliphatic heterocycles. The topological polar surface area (TPSA) is 47.6 Å². The molecule has 0 saturated heterocycles. The molecule has 4 nitrogen and oxygen atoms in total. The first-order chi connectivity index (χ1) is 7.72. The van der Waals surface area contributed by atoms with Crippen molar-refractivity contribution in [1.82, 2.24) is 3.53 Å². The van der Waals surface area contributed by atoms with Gasteiger partial charge in [-0.05, 0) is 19.1 Å². The molecule has 0 saturated carbocycles. The van der Waals surface area contributed by atoms with Crippen molar-refractivity contribution in [2.24, 2.45) is 0 Å². The smallest absolute Gasteiger partial charge is 0.254 e. The molecule has 5 heteroatoms. The maximum absolute atomic E-state index is 10.8. The summed E-state index contributed by atoms with van der Waals surface area (Å²) in [6.07, 6.45) is 0. The number of ether oxygens (including phenoxy) is 2. The van der Waals surface area contributed by atoms with E-state index in [1.807, 2.05) is 31.2 Å². The lowest BCUT2D eigenvalue weighted by molar-refractivity contribution is -0.123. The number of carbonyl (C=O) groups excluding carboxylic acids is 1. The van der Waals surface area contributed by atoms with Crippen LogP contribution in [-0.2, 0) is 9.53 Å². The first-order valence-corrected chi connectivity index (χ1v) is 5.97. The third-order valence-corrected chi connectivity index (χ3v) is 2.46. The van der Waals surface area contributed by atoms with Crippen LogP contribution in [0.1, 0.15) is 5.56 Å². The first kappa shape index (κ1) is 13.2. The zero-order valence-corrected chi connectivity index (χ0v) is 11.2. The van der Waals surface area contributed by atoms with Crippen LogP contribution in [0.15, 0.2) is 24.3 Å². The zero-order chi connectivity index (χ0) is 11.8. The van der Waals surface area contributed by atoms with Crippen LogP contribution >= 0.6 is 22.9 Å². The summed E-state index contributed by atoms with van der Waals surface area (Å²) in [5, 5.41) is 0. The van der Waals surface area contributed by atoms with Crippen molar-refractivity contribution in [2.45, 2.75) is 6.92 Å². The maximum Gasteiger partial charge on any atom is 0.254 e. The number of rotatable bonds is 6. The quantitative estimate of drug-likeness (QED) is 0.490. The summed E-state index contributed by atoms with van der Waals surface area (Å²) in [5.41, 5.74) is 1.20. The summed E-state index contributed by atoms with van der Waals surface area (Å²) < 4.78 is 13.0. The van der Waals surface area contributed by atoms with E-state index in [0.717, 1.165) is 5.75 Å². The van der Waals surface area contributed by atoms with Crippen LogP contribution < -0.4 is 8.27 Å². The Hall–Kier alpha value is -0.820. The standard InChI is InChI=1S/C11H14INO3/c1-9-2-4-10(5-3-9)16-7-6-15-8-11(14)13-12/h2-5H,6-8H2,1H3,(H,13,14). The SMILES string of the molecule is Cc1ccc(OCCOCC(=O)NI)cc1. The maximum atomic E-state index is 10.8. The number of hydrogen-bond acceptors (Lipinski definition) is 3. The van der Waals surface area contributed by atoms with Crippen molar-refractivity contribution in [2.75, 3.05) is 19.8 Å². The molecule has 0 aliphatic rings. The van der Waals surface area contributed by atoms with E-state index in [1.54, 1.807) is 22.9 Å². The third-order valence-electron chi connectivity index (χ3n) is 1.86. The summed E-state index contributed by atoms with van der Waals surface area (Å²) in [4.78, 5) is 10.8. The van der Waals surface area contributed by atoms with Gasteiger partial charge in [-0.2, -0.15) is 0 Å². The highest BCUT2D eigenvalue weighted by Gasteiger charge is 1.98. The molecule has 1 amide bonds. The Kier molecular flexibility index (Phi) is 6.17. The molecule has 0 aromatic heterocycles. The Labute approximate surface area is 109 Å². The lowest BCUT2D eigenvalue weighted by Gasteiger charge is -2.06. The monoisotopic (exact) mass is 335 g/mol. The number of benzene rings is 1. The molecule has 0 fully saturated rings. The number of nitrogens with one attached hydrogen (secondary N) is 1. The lowest BCUT2D eigenvalue weighted by Crippen LogP contribution is -2.20. The van der Waals surface area contributed by atoms with Gasteiger partial charge in [-0.3, -0.25) is 8.32 Å². The second kappa shape index (κ2) is 7.45. The summed E-state index contributed by atoms with van der Waals surface area (Å²) >= 11 is 1.78. The Balaban J connectivity index is 2.11. The fraction of sp³-hybridized carbons (Fsp3) is 0.364. The highest BCUT2D eigenvalue weighted by atomic mass is 127. The van der Waals surface area contributed by atoms with Crippen molar-refractivity contribution >= 4 is 28.8 Å². The van der Waals surface area contributed by atoms with Gasteiger partial charge in [0.1, 0.15) is 19.0 Å². The molecular formula is C11H14INO3. The average Bonchev–Trinajstić information content (AvgIpc) is 2.31. The van der Waals surface area contributed by atoms with Crippen molar-refractivity contribution in [3.8, 4) is 5.75 Å². The van der Waals surface area contributed by atoms with Crippen LogP contribution in [0.5, 0.6) is 5.75 Å². The Morgan fingerprint density at radius 2 is 2.00 bits per heavy atom. The van der Waals surface area contributed by atoms with Gasteiger partial charge >= 0.3 is 0 Å². The molecule has 1 N–H and O–H groups in total.